The van der Waals surface area contributed by atoms with Crippen molar-refractivity contribution in [3.63, 3.8) is 0 Å². The largest absolute Gasteiger partial charge is 0.417 e. The van der Waals surface area contributed by atoms with Crippen LogP contribution in [-0.4, -0.2) is 27.8 Å². The van der Waals surface area contributed by atoms with Crippen molar-refractivity contribution in [2.24, 2.45) is 0 Å². The third-order valence-electron chi connectivity index (χ3n) is 5.30. The van der Waals surface area contributed by atoms with E-state index in [4.69, 9.17) is 23.2 Å². The Kier molecular flexibility index (Phi) is 6.78. The zero-order valence-electron chi connectivity index (χ0n) is 15.8. The van der Waals surface area contributed by atoms with Crippen molar-refractivity contribution < 1.29 is 31.9 Å². The summed E-state index contributed by atoms with van der Waals surface area (Å²) >= 11 is 11.8. The summed E-state index contributed by atoms with van der Waals surface area (Å²) < 4.78 is 67.1. The number of hydrogen-bond donors (Lipinski definition) is 2. The Labute approximate surface area is 184 Å². The first kappa shape index (κ1) is 23.7. The number of pyridine rings is 1. The molecular weight excluding hydrogens is 466 g/mol. The number of carbonyl (C=O) groups is 1. The molecule has 2 aromatic rings. The van der Waals surface area contributed by atoms with Gasteiger partial charge in [0.05, 0.1) is 27.3 Å². The van der Waals surface area contributed by atoms with Crippen molar-refractivity contribution in [1.82, 2.24) is 10.3 Å². The van der Waals surface area contributed by atoms with E-state index in [2.05, 4.69) is 10.3 Å². The van der Waals surface area contributed by atoms with E-state index in [0.29, 0.717) is 6.07 Å². The number of aliphatic hydroxyl groups is 1. The maximum atomic E-state index is 14.1. The first-order valence-corrected chi connectivity index (χ1v) is 10.0. The Hall–Kier alpha value is -1.97. The summed E-state index contributed by atoms with van der Waals surface area (Å²) in [7, 11) is 0. The molecule has 2 N–H and O–H groups in total. The molecule has 1 aliphatic carbocycles. The van der Waals surface area contributed by atoms with E-state index < -0.39 is 52.0 Å². The van der Waals surface area contributed by atoms with Crippen molar-refractivity contribution in [3.05, 3.63) is 63.1 Å². The van der Waals surface area contributed by atoms with E-state index >= 15 is 0 Å². The number of nitrogens with zero attached hydrogens (tertiary/aromatic N) is 1. The van der Waals surface area contributed by atoms with Gasteiger partial charge in [-0.25, -0.2) is 13.8 Å². The Morgan fingerprint density at radius 1 is 1.19 bits per heavy atom. The highest BCUT2D eigenvalue weighted by Crippen LogP contribution is 2.42. The van der Waals surface area contributed by atoms with Gasteiger partial charge in [-0.05, 0) is 43.4 Å². The average Bonchev–Trinajstić information content (AvgIpc) is 2.70. The topological polar surface area (TPSA) is 62.2 Å². The van der Waals surface area contributed by atoms with Crippen molar-refractivity contribution in [3.8, 4) is 0 Å². The van der Waals surface area contributed by atoms with Crippen LogP contribution in [0.5, 0.6) is 0 Å². The summed E-state index contributed by atoms with van der Waals surface area (Å²) in [6, 6.07) is 3.00. The molecule has 1 fully saturated rings. The van der Waals surface area contributed by atoms with Gasteiger partial charge in [0, 0.05) is 6.20 Å². The lowest BCUT2D eigenvalue weighted by atomic mass is 9.76. The summed E-state index contributed by atoms with van der Waals surface area (Å²) in [6.07, 6.45) is -5.41. The Morgan fingerprint density at radius 2 is 1.84 bits per heavy atom. The van der Waals surface area contributed by atoms with E-state index in [1.165, 1.54) is 12.1 Å². The number of amides is 1. The van der Waals surface area contributed by atoms with Gasteiger partial charge in [-0.3, -0.25) is 4.79 Å². The van der Waals surface area contributed by atoms with Crippen LogP contribution in [0.2, 0.25) is 10.0 Å². The molecule has 0 bridgehead atoms. The van der Waals surface area contributed by atoms with Gasteiger partial charge in [0.2, 0.25) is 0 Å². The Morgan fingerprint density at radius 3 is 2.45 bits per heavy atom. The zero-order valence-corrected chi connectivity index (χ0v) is 17.3. The molecule has 0 aliphatic heterocycles. The third-order valence-corrected chi connectivity index (χ3v) is 6.08. The van der Waals surface area contributed by atoms with Gasteiger partial charge in [0.25, 0.3) is 5.91 Å². The molecule has 0 radical (unpaired) electrons. The normalized spacial score (nSPS) is 22.8. The summed E-state index contributed by atoms with van der Waals surface area (Å²) in [5.74, 6) is -1.95. The quantitative estimate of drug-likeness (QED) is 0.552. The highest BCUT2D eigenvalue weighted by molar-refractivity contribution is 6.34. The molecule has 1 heterocycles. The van der Waals surface area contributed by atoms with E-state index in [-0.39, 0.29) is 36.3 Å². The van der Waals surface area contributed by atoms with E-state index in [9.17, 15) is 31.9 Å². The Balaban J connectivity index is 2.02. The molecular formula is C20H17Cl2F5N2O2. The van der Waals surface area contributed by atoms with Crippen LogP contribution in [0.25, 0.3) is 0 Å². The molecule has 1 amide bonds. The van der Waals surface area contributed by atoms with Gasteiger partial charge in [-0.2, -0.15) is 13.2 Å². The van der Waals surface area contributed by atoms with Crippen LogP contribution in [0.3, 0.4) is 0 Å². The lowest BCUT2D eigenvalue weighted by molar-refractivity contribution is -0.137. The van der Waals surface area contributed by atoms with E-state index in [1.54, 1.807) is 0 Å². The first-order chi connectivity index (χ1) is 14.4. The molecule has 31 heavy (non-hydrogen) atoms. The molecule has 168 valence electrons. The van der Waals surface area contributed by atoms with Gasteiger partial charge in [-0.15, -0.1) is 0 Å². The molecule has 1 aliphatic rings. The number of carbonyl (C=O) groups excluding carboxylic acids is 1. The van der Waals surface area contributed by atoms with Crippen LogP contribution in [0, 0.1) is 5.82 Å². The second-order valence-corrected chi connectivity index (χ2v) is 8.10. The average molecular weight is 483 g/mol. The fourth-order valence-electron chi connectivity index (χ4n) is 3.64. The predicted molar refractivity (Wildman–Crippen MR) is 104 cm³/mol. The molecule has 4 nitrogen and oxygen atoms in total. The van der Waals surface area contributed by atoms with E-state index in [1.807, 2.05) is 0 Å². The predicted octanol–water partition coefficient (Wildman–Crippen LogP) is 5.66. The number of aromatic nitrogens is 1. The molecule has 1 atom stereocenters. The van der Waals surface area contributed by atoms with Crippen molar-refractivity contribution in [2.75, 3.05) is 0 Å². The lowest BCUT2D eigenvalue weighted by Gasteiger charge is -2.41. The third kappa shape index (κ3) is 4.94. The number of nitrogens with one attached hydrogen (secondary N) is 1. The standard InChI is InChI=1S/C20H17Cl2F5N2O2/c21-14-11(2-1-3-13(14)24)17(19(31)7-4-10(23)5-8-19)29-18(30)16-15(22)12(6-9-28-16)20(25,26)27/h1-3,6,9-10,17,31H,4-5,7-8H2,(H,29,30)/t10-,17?,19+. The molecule has 0 saturated heterocycles. The number of hydrogen-bond acceptors (Lipinski definition) is 3. The highest BCUT2D eigenvalue weighted by Gasteiger charge is 2.44. The fraction of sp³-hybridized carbons (Fsp3) is 0.400. The molecule has 1 saturated carbocycles. The zero-order chi connectivity index (χ0) is 23.0. The number of rotatable bonds is 4. The lowest BCUT2D eigenvalue weighted by Crippen LogP contribution is -2.49. The number of benzene rings is 1. The molecule has 1 unspecified atom stereocenters. The van der Waals surface area contributed by atoms with Gasteiger partial charge in [-0.1, -0.05) is 35.3 Å². The Bertz CT molecular complexity index is 979. The molecule has 11 heteroatoms. The van der Waals surface area contributed by atoms with Crippen LogP contribution < -0.4 is 5.32 Å². The summed E-state index contributed by atoms with van der Waals surface area (Å²) in [5.41, 5.74) is -3.70. The van der Waals surface area contributed by atoms with Gasteiger partial charge >= 0.3 is 6.18 Å². The van der Waals surface area contributed by atoms with E-state index in [0.717, 1.165) is 12.3 Å². The minimum atomic E-state index is -4.82. The molecule has 1 aromatic heterocycles. The second-order valence-electron chi connectivity index (χ2n) is 7.35. The van der Waals surface area contributed by atoms with Crippen LogP contribution in [-0.2, 0) is 6.18 Å². The maximum absolute atomic E-state index is 14.1. The molecule has 1 aromatic carbocycles. The van der Waals surface area contributed by atoms with Gasteiger partial charge in [0.1, 0.15) is 17.7 Å². The van der Waals surface area contributed by atoms with Crippen LogP contribution in [0.4, 0.5) is 22.0 Å². The highest BCUT2D eigenvalue weighted by atomic mass is 35.5. The summed E-state index contributed by atoms with van der Waals surface area (Å²) in [4.78, 5) is 16.5. The van der Waals surface area contributed by atoms with Crippen molar-refractivity contribution in [2.45, 2.75) is 49.7 Å². The minimum Gasteiger partial charge on any atom is -0.387 e. The van der Waals surface area contributed by atoms with Crippen LogP contribution in [0.15, 0.2) is 30.5 Å². The fourth-order valence-corrected chi connectivity index (χ4v) is 4.18. The molecule has 0 spiro atoms. The van der Waals surface area contributed by atoms with Crippen LogP contribution >= 0.6 is 23.2 Å². The first-order valence-electron chi connectivity index (χ1n) is 9.27. The van der Waals surface area contributed by atoms with Crippen molar-refractivity contribution in [1.29, 1.82) is 0 Å². The second kappa shape index (κ2) is 8.88. The number of halogens is 7. The minimum absolute atomic E-state index is 0.00192. The SMILES string of the molecule is O=C(NC(c1cccc(F)c1Cl)[C@]1(O)CC[C@@H](F)CC1)c1nccc(C(F)(F)F)c1Cl. The number of alkyl halides is 4. The summed E-state index contributed by atoms with van der Waals surface area (Å²) in [6.45, 7) is 0. The van der Waals surface area contributed by atoms with Gasteiger partial charge in [0.15, 0.2) is 0 Å². The molecule has 3 rings (SSSR count). The van der Waals surface area contributed by atoms with Crippen molar-refractivity contribution >= 4 is 29.1 Å². The van der Waals surface area contributed by atoms with Crippen LogP contribution in [0.1, 0.15) is 53.3 Å². The monoisotopic (exact) mass is 482 g/mol. The maximum Gasteiger partial charge on any atom is 0.417 e. The van der Waals surface area contributed by atoms with Gasteiger partial charge < -0.3 is 10.4 Å². The summed E-state index contributed by atoms with van der Waals surface area (Å²) in [5, 5.41) is 12.3. The smallest absolute Gasteiger partial charge is 0.387 e.